The van der Waals surface area contributed by atoms with Gasteiger partial charge in [-0.2, -0.15) is 13.2 Å². The molecule has 25 heavy (non-hydrogen) atoms. The van der Waals surface area contributed by atoms with Crippen LogP contribution in [0.5, 0.6) is 0 Å². The summed E-state index contributed by atoms with van der Waals surface area (Å²) < 4.78 is 38.3. The topological polar surface area (TPSA) is 62.3 Å². The molecule has 138 valence electrons. The number of nitrogens with zero attached hydrogens (tertiary/aromatic N) is 2. The van der Waals surface area contributed by atoms with Gasteiger partial charge in [-0.1, -0.05) is 30.6 Å². The number of halogens is 3. The van der Waals surface area contributed by atoms with E-state index in [1.54, 1.807) is 4.90 Å². The average molecular weight is 375 g/mol. The van der Waals surface area contributed by atoms with Crippen LogP contribution in [-0.2, 0) is 15.8 Å². The molecule has 2 aliphatic rings. The van der Waals surface area contributed by atoms with Crippen LogP contribution in [0.3, 0.4) is 0 Å². The van der Waals surface area contributed by atoms with E-state index in [9.17, 15) is 22.8 Å². The van der Waals surface area contributed by atoms with Crippen molar-refractivity contribution in [2.24, 2.45) is 11.8 Å². The van der Waals surface area contributed by atoms with Gasteiger partial charge in [-0.25, -0.2) is 4.98 Å². The Morgan fingerprint density at radius 1 is 1.16 bits per heavy atom. The van der Waals surface area contributed by atoms with Gasteiger partial charge in [0.2, 0.25) is 11.8 Å². The Morgan fingerprint density at radius 2 is 1.80 bits per heavy atom. The third kappa shape index (κ3) is 3.96. The molecule has 0 bridgehead atoms. The third-order valence-electron chi connectivity index (χ3n) is 4.80. The van der Waals surface area contributed by atoms with E-state index in [1.165, 1.54) is 13.3 Å². The van der Waals surface area contributed by atoms with E-state index in [-0.39, 0.29) is 34.5 Å². The lowest BCUT2D eigenvalue weighted by Crippen LogP contribution is -2.56. The Morgan fingerprint density at radius 3 is 2.36 bits per heavy atom. The van der Waals surface area contributed by atoms with Crippen LogP contribution in [0.15, 0.2) is 0 Å². The standard InChI is InChI=1S/C16H20F3N3O2S/c1-9-12(16(17,18)19)25-15(20-9)21-13(23)11-7-22(8-11)14(24)10-5-3-2-4-6-10/h10-11H,2-8H2,1H3,(H,20,21,23). The quantitative estimate of drug-likeness (QED) is 0.880. The molecule has 1 saturated heterocycles. The minimum Gasteiger partial charge on any atom is -0.341 e. The van der Waals surface area contributed by atoms with Gasteiger partial charge >= 0.3 is 6.18 Å². The second kappa shape index (κ2) is 6.93. The van der Waals surface area contributed by atoms with Crippen molar-refractivity contribution >= 4 is 28.3 Å². The highest BCUT2D eigenvalue weighted by molar-refractivity contribution is 7.16. The summed E-state index contributed by atoms with van der Waals surface area (Å²) in [5.41, 5.74) is -0.143. The van der Waals surface area contributed by atoms with Crippen molar-refractivity contribution in [3.05, 3.63) is 10.6 Å². The molecule has 1 aliphatic carbocycles. The number of alkyl halides is 3. The van der Waals surface area contributed by atoms with Crippen molar-refractivity contribution in [1.29, 1.82) is 0 Å². The van der Waals surface area contributed by atoms with Crippen molar-refractivity contribution in [3.8, 4) is 0 Å². The van der Waals surface area contributed by atoms with Gasteiger partial charge < -0.3 is 10.2 Å². The molecule has 3 rings (SSSR count). The maximum absolute atomic E-state index is 12.8. The Labute approximate surface area is 147 Å². The van der Waals surface area contributed by atoms with E-state index in [2.05, 4.69) is 10.3 Å². The second-order valence-electron chi connectivity index (χ2n) is 6.70. The van der Waals surface area contributed by atoms with Crippen LogP contribution in [0.1, 0.15) is 42.7 Å². The summed E-state index contributed by atoms with van der Waals surface area (Å²) in [5.74, 6) is -0.594. The lowest BCUT2D eigenvalue weighted by molar-refractivity contribution is -0.145. The van der Waals surface area contributed by atoms with Gasteiger partial charge in [-0.3, -0.25) is 9.59 Å². The summed E-state index contributed by atoms with van der Waals surface area (Å²) in [6.07, 6.45) is 0.653. The van der Waals surface area contributed by atoms with Crippen molar-refractivity contribution in [3.63, 3.8) is 0 Å². The SMILES string of the molecule is Cc1nc(NC(=O)C2CN(C(=O)C3CCCCC3)C2)sc1C(F)(F)F. The monoisotopic (exact) mass is 375 g/mol. The minimum absolute atomic E-state index is 0.0492. The first-order chi connectivity index (χ1) is 11.8. The van der Waals surface area contributed by atoms with E-state index < -0.39 is 11.1 Å². The van der Waals surface area contributed by atoms with Crippen LogP contribution < -0.4 is 5.32 Å². The number of likely N-dealkylation sites (tertiary alicyclic amines) is 1. The highest BCUT2D eigenvalue weighted by Gasteiger charge is 2.39. The van der Waals surface area contributed by atoms with Crippen LogP contribution in [0.4, 0.5) is 18.3 Å². The maximum Gasteiger partial charge on any atom is 0.427 e. The molecular formula is C16H20F3N3O2S. The Hall–Kier alpha value is -1.64. The summed E-state index contributed by atoms with van der Waals surface area (Å²) in [4.78, 5) is 29.1. The number of carbonyl (C=O) groups excluding carboxylic acids is 2. The molecule has 0 atom stereocenters. The summed E-state index contributed by atoms with van der Waals surface area (Å²) in [5, 5.41) is 2.40. The lowest BCUT2D eigenvalue weighted by atomic mass is 9.86. The molecule has 0 unspecified atom stereocenters. The lowest BCUT2D eigenvalue weighted by Gasteiger charge is -2.40. The number of hydrogen-bond donors (Lipinski definition) is 1. The molecule has 1 aromatic heterocycles. The smallest absolute Gasteiger partial charge is 0.341 e. The van der Waals surface area contributed by atoms with Crippen LogP contribution in [-0.4, -0.2) is 34.8 Å². The van der Waals surface area contributed by atoms with Gasteiger partial charge in [-0.15, -0.1) is 0 Å². The number of rotatable bonds is 3. The molecule has 0 spiro atoms. The first-order valence-corrected chi connectivity index (χ1v) is 9.21. The summed E-state index contributed by atoms with van der Waals surface area (Å²) >= 11 is 0.428. The molecule has 2 heterocycles. The normalized spacial score (nSPS) is 19.6. The highest BCUT2D eigenvalue weighted by Crippen LogP contribution is 2.38. The number of nitrogens with one attached hydrogen (secondary N) is 1. The van der Waals surface area contributed by atoms with Crippen molar-refractivity contribution in [2.75, 3.05) is 18.4 Å². The van der Waals surface area contributed by atoms with E-state index >= 15 is 0 Å². The number of aromatic nitrogens is 1. The highest BCUT2D eigenvalue weighted by atomic mass is 32.1. The van der Waals surface area contributed by atoms with Crippen LogP contribution in [0.25, 0.3) is 0 Å². The Balaban J connectivity index is 1.51. The molecule has 1 aliphatic heterocycles. The van der Waals surface area contributed by atoms with Crippen molar-refractivity contribution in [2.45, 2.75) is 45.2 Å². The van der Waals surface area contributed by atoms with Gasteiger partial charge in [0.1, 0.15) is 4.88 Å². The largest absolute Gasteiger partial charge is 0.427 e. The molecule has 1 N–H and O–H groups in total. The number of hydrogen-bond acceptors (Lipinski definition) is 4. The van der Waals surface area contributed by atoms with E-state index in [4.69, 9.17) is 0 Å². The molecule has 0 aromatic carbocycles. The Bertz CT molecular complexity index is 662. The zero-order chi connectivity index (χ0) is 18.2. The fourth-order valence-corrected chi connectivity index (χ4v) is 4.19. The zero-order valence-electron chi connectivity index (χ0n) is 13.9. The molecule has 1 aromatic rings. The van der Waals surface area contributed by atoms with Gasteiger partial charge in [0.05, 0.1) is 11.6 Å². The first-order valence-electron chi connectivity index (χ1n) is 8.40. The Kier molecular flexibility index (Phi) is 5.04. The molecule has 9 heteroatoms. The van der Waals surface area contributed by atoms with E-state index in [0.717, 1.165) is 25.7 Å². The van der Waals surface area contributed by atoms with Gasteiger partial charge in [-0.05, 0) is 19.8 Å². The van der Waals surface area contributed by atoms with Gasteiger partial charge in [0, 0.05) is 19.0 Å². The van der Waals surface area contributed by atoms with Crippen LogP contribution >= 0.6 is 11.3 Å². The number of aryl methyl sites for hydroxylation is 1. The zero-order valence-corrected chi connectivity index (χ0v) is 14.7. The van der Waals surface area contributed by atoms with Gasteiger partial charge in [0.15, 0.2) is 5.13 Å². The maximum atomic E-state index is 12.8. The number of anilines is 1. The van der Waals surface area contributed by atoms with E-state index in [1.807, 2.05) is 0 Å². The average Bonchev–Trinajstić information content (AvgIpc) is 2.87. The first kappa shape index (κ1) is 18.2. The van der Waals surface area contributed by atoms with Crippen LogP contribution in [0.2, 0.25) is 0 Å². The minimum atomic E-state index is -4.47. The molecule has 2 amide bonds. The summed E-state index contributed by atoms with van der Waals surface area (Å²) in [7, 11) is 0. The predicted octanol–water partition coefficient (Wildman–Crippen LogP) is 3.45. The van der Waals surface area contributed by atoms with Gasteiger partial charge in [0.25, 0.3) is 0 Å². The number of thiazole rings is 1. The molecule has 5 nitrogen and oxygen atoms in total. The van der Waals surface area contributed by atoms with Crippen LogP contribution in [0, 0.1) is 18.8 Å². The molecule has 1 saturated carbocycles. The molecule has 0 radical (unpaired) electrons. The predicted molar refractivity (Wildman–Crippen MR) is 87.1 cm³/mol. The molecule has 2 fully saturated rings. The summed E-state index contributed by atoms with van der Waals surface area (Å²) in [6, 6.07) is 0. The fraction of sp³-hybridized carbons (Fsp3) is 0.688. The second-order valence-corrected chi connectivity index (χ2v) is 7.69. The number of amides is 2. The van der Waals surface area contributed by atoms with Crippen molar-refractivity contribution in [1.82, 2.24) is 9.88 Å². The molecular weight excluding hydrogens is 355 g/mol. The fourth-order valence-electron chi connectivity index (χ4n) is 3.35. The number of carbonyl (C=O) groups is 2. The summed E-state index contributed by atoms with van der Waals surface area (Å²) in [6.45, 7) is 1.93. The van der Waals surface area contributed by atoms with E-state index in [0.29, 0.717) is 24.4 Å². The third-order valence-corrected chi connectivity index (χ3v) is 5.92. The van der Waals surface area contributed by atoms with Crippen molar-refractivity contribution < 1.29 is 22.8 Å².